The molecule has 1 aliphatic heterocycles. The molecule has 162 valence electrons. The Bertz CT molecular complexity index is 1040. The van der Waals surface area contributed by atoms with Crippen LogP contribution >= 0.6 is 11.6 Å². The molecule has 0 saturated carbocycles. The van der Waals surface area contributed by atoms with Gasteiger partial charge in [-0.15, -0.1) is 0 Å². The van der Waals surface area contributed by atoms with E-state index in [4.69, 9.17) is 21.1 Å². The smallest absolute Gasteiger partial charge is 0.264 e. The van der Waals surface area contributed by atoms with Gasteiger partial charge in [-0.2, -0.15) is 4.31 Å². The molecule has 0 atom stereocenters. The van der Waals surface area contributed by atoms with Crippen LogP contribution in [0.5, 0.6) is 5.75 Å². The average molecular weight is 453 g/mol. The molecule has 1 fully saturated rings. The number of morpholine rings is 1. The van der Waals surface area contributed by atoms with E-state index >= 15 is 0 Å². The van der Waals surface area contributed by atoms with Crippen LogP contribution in [0.2, 0.25) is 5.02 Å². The van der Waals surface area contributed by atoms with E-state index in [-0.39, 0.29) is 28.2 Å². The number of sulfonamides is 1. The molecule has 0 radical (unpaired) electrons. The Balaban J connectivity index is 1.67. The molecule has 0 bridgehead atoms. The second kappa shape index (κ2) is 9.34. The second-order valence-electron chi connectivity index (χ2n) is 7.12. The van der Waals surface area contributed by atoms with Gasteiger partial charge in [-0.25, -0.2) is 8.42 Å². The highest BCUT2D eigenvalue weighted by molar-refractivity contribution is 7.89. The third-order valence-corrected chi connectivity index (χ3v) is 7.30. The van der Waals surface area contributed by atoms with Gasteiger partial charge in [0.15, 0.2) is 6.61 Å². The predicted octanol–water partition coefficient (Wildman–Crippen LogP) is 3.02. The minimum atomic E-state index is -3.65. The zero-order valence-corrected chi connectivity index (χ0v) is 18.8. The SMILES string of the molecule is Cc1ccc(N(C)C(=O)COc2ccc(S(=O)(=O)N3CCOCC3)cc2Cl)cc1C. The maximum atomic E-state index is 12.7. The molecule has 1 amide bonds. The van der Waals surface area contributed by atoms with Crippen molar-refractivity contribution in [1.82, 2.24) is 4.31 Å². The Morgan fingerprint density at radius 3 is 2.47 bits per heavy atom. The lowest BCUT2D eigenvalue weighted by atomic mass is 10.1. The Kier molecular flexibility index (Phi) is 7.02. The van der Waals surface area contributed by atoms with Gasteiger partial charge in [0.2, 0.25) is 10.0 Å². The number of hydrogen-bond donors (Lipinski definition) is 0. The highest BCUT2D eigenvalue weighted by atomic mass is 35.5. The molecule has 0 aromatic heterocycles. The molecule has 7 nitrogen and oxygen atoms in total. The van der Waals surface area contributed by atoms with Crippen molar-refractivity contribution in [3.8, 4) is 5.75 Å². The van der Waals surface area contributed by atoms with Gasteiger partial charge in [0.25, 0.3) is 5.91 Å². The lowest BCUT2D eigenvalue weighted by Gasteiger charge is -2.26. The molecular formula is C21H25ClN2O5S. The van der Waals surface area contributed by atoms with Crippen molar-refractivity contribution in [3.63, 3.8) is 0 Å². The Morgan fingerprint density at radius 1 is 1.13 bits per heavy atom. The van der Waals surface area contributed by atoms with Crippen LogP contribution in [0.15, 0.2) is 41.3 Å². The van der Waals surface area contributed by atoms with Gasteiger partial charge in [-0.3, -0.25) is 4.79 Å². The van der Waals surface area contributed by atoms with Crippen LogP contribution in [0.1, 0.15) is 11.1 Å². The van der Waals surface area contributed by atoms with Crippen LogP contribution in [0.3, 0.4) is 0 Å². The molecule has 0 N–H and O–H groups in total. The number of benzene rings is 2. The van der Waals surface area contributed by atoms with Gasteiger partial charge in [0.05, 0.1) is 23.1 Å². The van der Waals surface area contributed by atoms with E-state index in [0.717, 1.165) is 16.8 Å². The summed E-state index contributed by atoms with van der Waals surface area (Å²) in [6.07, 6.45) is 0. The monoisotopic (exact) mass is 452 g/mol. The first-order valence-electron chi connectivity index (χ1n) is 9.54. The number of amides is 1. The van der Waals surface area contributed by atoms with E-state index in [2.05, 4.69) is 0 Å². The van der Waals surface area contributed by atoms with Crippen molar-refractivity contribution < 1.29 is 22.7 Å². The fourth-order valence-corrected chi connectivity index (χ4v) is 4.74. The highest BCUT2D eigenvalue weighted by Crippen LogP contribution is 2.29. The summed E-state index contributed by atoms with van der Waals surface area (Å²) >= 11 is 6.24. The molecular weight excluding hydrogens is 428 g/mol. The second-order valence-corrected chi connectivity index (χ2v) is 9.46. The number of halogens is 1. The lowest BCUT2D eigenvalue weighted by molar-refractivity contribution is -0.120. The van der Waals surface area contributed by atoms with Gasteiger partial charge in [0, 0.05) is 25.8 Å². The van der Waals surface area contributed by atoms with Crippen LogP contribution < -0.4 is 9.64 Å². The Labute approximate surface area is 182 Å². The van der Waals surface area contributed by atoms with E-state index in [0.29, 0.717) is 26.3 Å². The molecule has 0 aliphatic carbocycles. The van der Waals surface area contributed by atoms with E-state index < -0.39 is 10.0 Å². The number of aryl methyl sites for hydroxylation is 2. The molecule has 0 spiro atoms. The number of carbonyl (C=O) groups excluding carboxylic acids is 1. The summed E-state index contributed by atoms with van der Waals surface area (Å²) < 4.78 is 37.6. The van der Waals surface area contributed by atoms with E-state index in [1.807, 2.05) is 32.0 Å². The number of carbonyl (C=O) groups is 1. The Morgan fingerprint density at radius 2 is 1.83 bits per heavy atom. The number of anilines is 1. The van der Waals surface area contributed by atoms with Gasteiger partial charge in [-0.05, 0) is 55.3 Å². The molecule has 0 unspecified atom stereocenters. The third-order valence-electron chi connectivity index (χ3n) is 5.11. The average Bonchev–Trinajstić information content (AvgIpc) is 2.74. The first-order valence-corrected chi connectivity index (χ1v) is 11.4. The third kappa shape index (κ3) is 4.95. The zero-order valence-electron chi connectivity index (χ0n) is 17.2. The normalized spacial score (nSPS) is 15.1. The summed E-state index contributed by atoms with van der Waals surface area (Å²) in [5, 5.41) is 0.131. The summed E-state index contributed by atoms with van der Waals surface area (Å²) in [5.74, 6) is -0.00114. The van der Waals surface area contributed by atoms with Crippen LogP contribution in [0.25, 0.3) is 0 Å². The van der Waals surface area contributed by atoms with E-state index in [1.165, 1.54) is 27.4 Å². The van der Waals surface area contributed by atoms with Crippen LogP contribution in [0.4, 0.5) is 5.69 Å². The lowest BCUT2D eigenvalue weighted by Crippen LogP contribution is -2.40. The van der Waals surface area contributed by atoms with E-state index in [9.17, 15) is 13.2 Å². The summed E-state index contributed by atoms with van der Waals surface area (Å²) in [4.78, 5) is 14.1. The van der Waals surface area contributed by atoms with Gasteiger partial charge in [0.1, 0.15) is 5.75 Å². The molecule has 2 aromatic rings. The van der Waals surface area contributed by atoms with Crippen molar-refractivity contribution in [1.29, 1.82) is 0 Å². The first-order chi connectivity index (χ1) is 14.2. The molecule has 2 aromatic carbocycles. The van der Waals surface area contributed by atoms with Crippen LogP contribution in [-0.2, 0) is 19.6 Å². The largest absolute Gasteiger partial charge is 0.482 e. The summed E-state index contributed by atoms with van der Waals surface area (Å²) in [6, 6.07) is 10.0. The summed E-state index contributed by atoms with van der Waals surface area (Å²) in [7, 11) is -1.98. The maximum absolute atomic E-state index is 12.7. The molecule has 1 heterocycles. The predicted molar refractivity (Wildman–Crippen MR) is 116 cm³/mol. The van der Waals surface area contributed by atoms with Gasteiger partial charge in [-0.1, -0.05) is 17.7 Å². The van der Waals surface area contributed by atoms with Gasteiger partial charge >= 0.3 is 0 Å². The zero-order chi connectivity index (χ0) is 21.9. The van der Waals surface area contributed by atoms with Crippen LogP contribution in [0, 0.1) is 13.8 Å². The number of likely N-dealkylation sites (N-methyl/N-ethyl adjacent to an activating group) is 1. The molecule has 3 rings (SSSR count). The fourth-order valence-electron chi connectivity index (χ4n) is 3.01. The number of hydrogen-bond acceptors (Lipinski definition) is 5. The minimum Gasteiger partial charge on any atom is -0.482 e. The fraction of sp³-hybridized carbons (Fsp3) is 0.381. The summed E-state index contributed by atoms with van der Waals surface area (Å²) in [6.45, 7) is 5.11. The van der Waals surface area contributed by atoms with Crippen molar-refractivity contribution in [2.24, 2.45) is 0 Å². The summed E-state index contributed by atoms with van der Waals surface area (Å²) in [5.41, 5.74) is 3.01. The Hall–Kier alpha value is -2.13. The van der Waals surface area contributed by atoms with Gasteiger partial charge < -0.3 is 14.4 Å². The standard InChI is InChI=1S/C21H25ClN2O5S/c1-15-4-5-17(12-16(15)2)23(3)21(25)14-29-20-7-6-18(13-19(20)22)30(26,27)24-8-10-28-11-9-24/h4-7,12-13H,8-11,14H2,1-3H3. The number of rotatable bonds is 6. The van der Waals surface area contributed by atoms with Crippen molar-refractivity contribution in [2.45, 2.75) is 18.7 Å². The quantitative estimate of drug-likeness (QED) is 0.673. The minimum absolute atomic E-state index is 0.0836. The molecule has 1 aliphatic rings. The van der Waals surface area contributed by atoms with Crippen LogP contribution in [-0.4, -0.2) is 58.6 Å². The van der Waals surface area contributed by atoms with Crippen molar-refractivity contribution >= 4 is 33.2 Å². The molecule has 9 heteroatoms. The molecule has 30 heavy (non-hydrogen) atoms. The van der Waals surface area contributed by atoms with Crippen molar-refractivity contribution in [2.75, 3.05) is 44.9 Å². The maximum Gasteiger partial charge on any atom is 0.264 e. The van der Waals surface area contributed by atoms with Crippen molar-refractivity contribution in [3.05, 3.63) is 52.5 Å². The number of ether oxygens (including phenoxy) is 2. The first kappa shape index (κ1) is 22.6. The number of nitrogens with zero attached hydrogens (tertiary/aromatic N) is 2. The highest BCUT2D eigenvalue weighted by Gasteiger charge is 2.27. The topological polar surface area (TPSA) is 76.2 Å². The van der Waals surface area contributed by atoms with E-state index in [1.54, 1.807) is 7.05 Å². The molecule has 1 saturated heterocycles.